The van der Waals surface area contributed by atoms with Crippen LogP contribution in [0.2, 0.25) is 0 Å². The minimum Gasteiger partial charge on any atom is -0.481 e. The van der Waals surface area contributed by atoms with E-state index < -0.39 is 5.97 Å². The minimum absolute atomic E-state index is 0.0264. The molecular weight excluding hydrogens is 242 g/mol. The molecule has 1 aromatic carbocycles. The van der Waals surface area contributed by atoms with Gasteiger partial charge in [0, 0.05) is 18.3 Å². The Hall–Kier alpha value is -2.43. The highest BCUT2D eigenvalue weighted by Gasteiger charge is 2.04. The van der Waals surface area contributed by atoms with Gasteiger partial charge in [0.2, 0.25) is 0 Å². The van der Waals surface area contributed by atoms with Crippen molar-refractivity contribution in [1.82, 2.24) is 9.97 Å². The summed E-state index contributed by atoms with van der Waals surface area (Å²) in [4.78, 5) is 19.2. The van der Waals surface area contributed by atoms with Gasteiger partial charge in [-0.1, -0.05) is 24.3 Å². The molecule has 0 saturated carbocycles. The maximum Gasteiger partial charge on any atom is 0.307 e. The van der Waals surface area contributed by atoms with Crippen molar-refractivity contribution >= 4 is 11.8 Å². The van der Waals surface area contributed by atoms with E-state index in [0.29, 0.717) is 5.82 Å². The Morgan fingerprint density at radius 1 is 1.26 bits per heavy atom. The Bertz CT molecular complexity index is 567. The maximum absolute atomic E-state index is 10.6. The van der Waals surface area contributed by atoms with Crippen LogP contribution in [0.15, 0.2) is 36.5 Å². The van der Waals surface area contributed by atoms with Crippen molar-refractivity contribution in [2.24, 2.45) is 0 Å². The van der Waals surface area contributed by atoms with Crippen LogP contribution in [0.25, 0.3) is 11.4 Å². The first-order valence-electron chi connectivity index (χ1n) is 6.07. The van der Waals surface area contributed by atoms with Crippen molar-refractivity contribution in [2.45, 2.75) is 13.3 Å². The van der Waals surface area contributed by atoms with Crippen molar-refractivity contribution in [3.8, 4) is 11.4 Å². The molecule has 2 N–H and O–H groups in total. The zero-order valence-corrected chi connectivity index (χ0v) is 10.6. The van der Waals surface area contributed by atoms with Gasteiger partial charge in [-0.05, 0) is 18.6 Å². The van der Waals surface area contributed by atoms with Crippen LogP contribution < -0.4 is 5.32 Å². The lowest BCUT2D eigenvalue weighted by Crippen LogP contribution is -2.01. The number of rotatable bonds is 5. The van der Waals surface area contributed by atoms with Gasteiger partial charge in [-0.3, -0.25) is 4.79 Å². The molecule has 98 valence electrons. The van der Waals surface area contributed by atoms with Gasteiger partial charge in [-0.25, -0.2) is 9.97 Å². The van der Waals surface area contributed by atoms with E-state index in [0.717, 1.165) is 23.5 Å². The summed E-state index contributed by atoms with van der Waals surface area (Å²) in [6, 6.07) is 9.05. The van der Waals surface area contributed by atoms with Crippen molar-refractivity contribution < 1.29 is 9.90 Å². The predicted octanol–water partition coefficient (Wildman–Crippen LogP) is 2.20. The molecule has 0 aliphatic rings. The number of aliphatic carboxylic acids is 1. The molecule has 5 nitrogen and oxygen atoms in total. The van der Waals surface area contributed by atoms with Gasteiger partial charge in [0.15, 0.2) is 5.82 Å². The Labute approximate surface area is 111 Å². The maximum atomic E-state index is 10.6. The molecule has 0 bridgehead atoms. The average Bonchev–Trinajstić information content (AvgIpc) is 2.40. The van der Waals surface area contributed by atoms with Crippen LogP contribution in [0.4, 0.5) is 5.82 Å². The smallest absolute Gasteiger partial charge is 0.307 e. The Kier molecular flexibility index (Phi) is 4.07. The number of nitrogens with zero attached hydrogens (tertiary/aromatic N) is 2. The molecule has 0 saturated heterocycles. The average molecular weight is 257 g/mol. The molecule has 1 heterocycles. The number of benzene rings is 1. The number of carboxylic acid groups (broad SMARTS) is 1. The van der Waals surface area contributed by atoms with Gasteiger partial charge in [0.05, 0.1) is 6.42 Å². The molecule has 0 fully saturated rings. The number of hydrogen-bond donors (Lipinski definition) is 2. The third kappa shape index (κ3) is 3.51. The largest absolute Gasteiger partial charge is 0.481 e. The van der Waals surface area contributed by atoms with Gasteiger partial charge in [0.25, 0.3) is 0 Å². The highest BCUT2D eigenvalue weighted by molar-refractivity contribution is 5.70. The van der Waals surface area contributed by atoms with Gasteiger partial charge in [-0.2, -0.15) is 0 Å². The molecule has 0 spiro atoms. The van der Waals surface area contributed by atoms with Crippen LogP contribution >= 0.6 is 0 Å². The van der Waals surface area contributed by atoms with Crippen molar-refractivity contribution in [3.63, 3.8) is 0 Å². The number of carboxylic acids is 1. The highest BCUT2D eigenvalue weighted by Crippen LogP contribution is 2.17. The Morgan fingerprint density at radius 3 is 2.63 bits per heavy atom. The molecule has 0 aliphatic carbocycles. The van der Waals surface area contributed by atoms with E-state index in [-0.39, 0.29) is 6.42 Å². The van der Waals surface area contributed by atoms with Gasteiger partial charge in [-0.15, -0.1) is 0 Å². The first kappa shape index (κ1) is 13.0. The van der Waals surface area contributed by atoms with E-state index in [1.807, 2.05) is 25.1 Å². The monoisotopic (exact) mass is 257 g/mol. The summed E-state index contributed by atoms with van der Waals surface area (Å²) >= 11 is 0. The summed E-state index contributed by atoms with van der Waals surface area (Å²) in [6.45, 7) is 2.80. The van der Waals surface area contributed by atoms with E-state index in [1.165, 1.54) is 0 Å². The number of hydrogen-bond acceptors (Lipinski definition) is 4. The zero-order valence-electron chi connectivity index (χ0n) is 10.6. The molecule has 0 unspecified atom stereocenters. The Morgan fingerprint density at radius 2 is 2.00 bits per heavy atom. The predicted molar refractivity (Wildman–Crippen MR) is 73.0 cm³/mol. The van der Waals surface area contributed by atoms with Crippen LogP contribution in [0.5, 0.6) is 0 Å². The molecule has 0 atom stereocenters. The van der Waals surface area contributed by atoms with Gasteiger partial charge in [0.1, 0.15) is 5.82 Å². The van der Waals surface area contributed by atoms with Crippen LogP contribution in [0.1, 0.15) is 12.5 Å². The molecule has 2 aromatic rings. The lowest BCUT2D eigenvalue weighted by atomic mass is 10.1. The lowest BCUT2D eigenvalue weighted by Gasteiger charge is -2.05. The molecule has 0 aliphatic heterocycles. The SMILES string of the molecule is CCNc1ccnc(-c2ccc(CC(=O)O)cc2)n1. The molecule has 0 radical (unpaired) electrons. The number of aromatic nitrogens is 2. The van der Waals surface area contributed by atoms with Gasteiger partial charge >= 0.3 is 5.97 Å². The van der Waals surface area contributed by atoms with E-state index >= 15 is 0 Å². The summed E-state index contributed by atoms with van der Waals surface area (Å²) in [6.07, 6.45) is 1.73. The fourth-order valence-electron chi connectivity index (χ4n) is 1.72. The molecule has 1 aromatic heterocycles. The summed E-state index contributed by atoms with van der Waals surface area (Å²) in [5.41, 5.74) is 1.63. The van der Waals surface area contributed by atoms with Crippen LogP contribution in [0, 0.1) is 0 Å². The normalized spacial score (nSPS) is 10.2. The Balaban J connectivity index is 2.21. The van der Waals surface area contributed by atoms with Crippen molar-refractivity contribution in [3.05, 3.63) is 42.1 Å². The second-order valence-corrected chi connectivity index (χ2v) is 4.06. The van der Waals surface area contributed by atoms with Crippen molar-refractivity contribution in [1.29, 1.82) is 0 Å². The first-order valence-corrected chi connectivity index (χ1v) is 6.07. The molecular formula is C14H15N3O2. The molecule has 2 rings (SSSR count). The molecule has 5 heteroatoms. The number of nitrogens with one attached hydrogen (secondary N) is 1. The van der Waals surface area contributed by atoms with E-state index in [4.69, 9.17) is 5.11 Å². The van der Waals surface area contributed by atoms with Crippen LogP contribution in [-0.4, -0.2) is 27.6 Å². The van der Waals surface area contributed by atoms with Crippen LogP contribution in [0.3, 0.4) is 0 Å². The number of anilines is 1. The zero-order chi connectivity index (χ0) is 13.7. The van der Waals surface area contributed by atoms with Gasteiger partial charge < -0.3 is 10.4 Å². The quantitative estimate of drug-likeness (QED) is 0.858. The number of carbonyl (C=O) groups is 1. The molecule has 19 heavy (non-hydrogen) atoms. The third-order valence-corrected chi connectivity index (χ3v) is 2.58. The lowest BCUT2D eigenvalue weighted by molar-refractivity contribution is -0.136. The topological polar surface area (TPSA) is 75.1 Å². The fourth-order valence-corrected chi connectivity index (χ4v) is 1.72. The second kappa shape index (κ2) is 5.95. The summed E-state index contributed by atoms with van der Waals surface area (Å²) in [7, 11) is 0. The third-order valence-electron chi connectivity index (χ3n) is 2.58. The van der Waals surface area contributed by atoms with Crippen molar-refractivity contribution in [2.75, 3.05) is 11.9 Å². The fraction of sp³-hybridized carbons (Fsp3) is 0.214. The standard InChI is InChI=1S/C14H15N3O2/c1-2-15-12-7-8-16-14(17-12)11-5-3-10(4-6-11)9-13(18)19/h3-8H,2,9H2,1H3,(H,18,19)(H,15,16,17). The minimum atomic E-state index is -0.835. The second-order valence-electron chi connectivity index (χ2n) is 4.06. The first-order chi connectivity index (χ1) is 9.19. The summed E-state index contributed by atoms with van der Waals surface area (Å²) in [5, 5.41) is 11.8. The van der Waals surface area contributed by atoms with Crippen LogP contribution in [-0.2, 0) is 11.2 Å². The molecule has 0 amide bonds. The summed E-state index contributed by atoms with van der Waals surface area (Å²) in [5.74, 6) is 0.570. The highest BCUT2D eigenvalue weighted by atomic mass is 16.4. The van der Waals surface area contributed by atoms with E-state index in [9.17, 15) is 4.79 Å². The van der Waals surface area contributed by atoms with E-state index in [2.05, 4.69) is 15.3 Å². The van der Waals surface area contributed by atoms with E-state index in [1.54, 1.807) is 18.3 Å². The summed E-state index contributed by atoms with van der Waals surface area (Å²) < 4.78 is 0.